The average molecular weight is 462 g/mol. The number of allylic oxidation sites excluding steroid dienone is 1. The summed E-state index contributed by atoms with van der Waals surface area (Å²) < 4.78 is 2.14. The molecule has 2 atom stereocenters. The fourth-order valence-corrected chi connectivity index (χ4v) is 5.09. The van der Waals surface area contributed by atoms with Crippen LogP contribution in [0.5, 0.6) is 0 Å². The molecule has 2 amide bonds. The Kier molecular flexibility index (Phi) is 6.47. The molecular weight excluding hydrogens is 434 g/mol. The average Bonchev–Trinajstić information content (AvgIpc) is 3.09. The lowest BCUT2D eigenvalue weighted by Crippen LogP contribution is -2.35. The highest BCUT2D eigenvalue weighted by molar-refractivity contribution is 8.02. The number of carbonyl (C=O) groups excluding carboxylic acids is 2. The van der Waals surface area contributed by atoms with Crippen LogP contribution >= 0.6 is 11.8 Å². The molecule has 3 aromatic rings. The van der Waals surface area contributed by atoms with Crippen molar-refractivity contribution in [2.45, 2.75) is 33.7 Å². The van der Waals surface area contributed by atoms with Crippen molar-refractivity contribution in [1.82, 2.24) is 19.9 Å². The van der Waals surface area contributed by atoms with Crippen molar-refractivity contribution in [2.75, 3.05) is 12.8 Å². The van der Waals surface area contributed by atoms with E-state index in [0.29, 0.717) is 11.3 Å². The molecule has 8 heteroatoms. The molecule has 170 valence electrons. The summed E-state index contributed by atoms with van der Waals surface area (Å²) in [6, 6.07) is 7.81. The molecule has 1 aliphatic heterocycles. The van der Waals surface area contributed by atoms with Crippen LogP contribution in [0.25, 0.3) is 10.9 Å². The summed E-state index contributed by atoms with van der Waals surface area (Å²) in [6.45, 7) is 7.90. The lowest BCUT2D eigenvalue weighted by molar-refractivity contribution is -0.120. The van der Waals surface area contributed by atoms with Gasteiger partial charge < -0.3 is 9.88 Å². The first-order chi connectivity index (χ1) is 15.8. The molecule has 1 unspecified atom stereocenters. The molecule has 33 heavy (non-hydrogen) atoms. The van der Waals surface area contributed by atoms with Gasteiger partial charge in [-0.05, 0) is 46.1 Å². The predicted molar refractivity (Wildman–Crippen MR) is 133 cm³/mol. The van der Waals surface area contributed by atoms with E-state index in [1.54, 1.807) is 6.92 Å². The van der Waals surface area contributed by atoms with Crippen LogP contribution in [0.3, 0.4) is 0 Å². The molecule has 0 aliphatic carbocycles. The first kappa shape index (κ1) is 22.9. The Labute approximate surface area is 197 Å². The number of thioether (sulfide) groups is 1. The van der Waals surface area contributed by atoms with Gasteiger partial charge in [0.1, 0.15) is 5.82 Å². The van der Waals surface area contributed by atoms with E-state index in [4.69, 9.17) is 0 Å². The number of nitrogens with zero attached hydrogens (tertiary/aromatic N) is 4. The zero-order chi connectivity index (χ0) is 23.7. The standard InChI is InChI=1S/C25H27N5O2S/c1-14-10-22(33-5)20(24(31)29-14)13-28-25(32)23-16(3)30(21-9-7-6-8-19(21)23)15(2)18-11-26-17(4)27-12-18/h6-12,15,20H,13H2,1-5H3,(H,28,32)/t15-,20?/m0/s1. The molecule has 0 fully saturated rings. The highest BCUT2D eigenvalue weighted by Gasteiger charge is 2.28. The fourth-order valence-electron chi connectivity index (χ4n) is 4.33. The first-order valence-corrected chi connectivity index (χ1v) is 12.0. The molecule has 7 nitrogen and oxygen atoms in total. The summed E-state index contributed by atoms with van der Waals surface area (Å²) >= 11 is 1.51. The van der Waals surface area contributed by atoms with Crippen LogP contribution in [0.4, 0.5) is 0 Å². The Hall–Kier alpha value is -3.26. The molecule has 1 aliphatic rings. The van der Waals surface area contributed by atoms with E-state index >= 15 is 0 Å². The minimum atomic E-state index is -0.454. The van der Waals surface area contributed by atoms with E-state index in [0.717, 1.165) is 32.9 Å². The van der Waals surface area contributed by atoms with E-state index in [2.05, 4.69) is 31.8 Å². The Morgan fingerprint density at radius 3 is 2.58 bits per heavy atom. The second-order valence-electron chi connectivity index (χ2n) is 8.19. The van der Waals surface area contributed by atoms with Gasteiger partial charge in [-0.25, -0.2) is 15.0 Å². The van der Waals surface area contributed by atoms with Gasteiger partial charge in [-0.1, -0.05) is 18.2 Å². The topological polar surface area (TPSA) is 89.2 Å². The minimum Gasteiger partial charge on any atom is -0.351 e. The second kappa shape index (κ2) is 9.31. The number of hydrogen-bond acceptors (Lipinski definition) is 5. The Balaban J connectivity index is 1.66. The van der Waals surface area contributed by atoms with Crippen LogP contribution in [0, 0.1) is 19.8 Å². The number of rotatable bonds is 6. The number of para-hydroxylation sites is 1. The van der Waals surface area contributed by atoms with E-state index in [9.17, 15) is 9.59 Å². The van der Waals surface area contributed by atoms with Gasteiger partial charge in [0.15, 0.2) is 0 Å². The number of hydrogen-bond donors (Lipinski definition) is 1. The summed E-state index contributed by atoms with van der Waals surface area (Å²) in [6.07, 6.45) is 7.49. The van der Waals surface area contributed by atoms with Crippen molar-refractivity contribution >= 4 is 40.2 Å². The first-order valence-electron chi connectivity index (χ1n) is 10.8. The second-order valence-corrected chi connectivity index (χ2v) is 9.07. The van der Waals surface area contributed by atoms with E-state index in [1.165, 1.54) is 11.8 Å². The van der Waals surface area contributed by atoms with Crippen LogP contribution in [0.2, 0.25) is 0 Å². The maximum atomic E-state index is 13.4. The quantitative estimate of drug-likeness (QED) is 0.593. The molecule has 1 N–H and O–H groups in total. The lowest BCUT2D eigenvalue weighted by atomic mass is 10.0. The van der Waals surface area contributed by atoms with Crippen molar-refractivity contribution in [3.63, 3.8) is 0 Å². The molecule has 0 radical (unpaired) electrons. The van der Waals surface area contributed by atoms with Crippen LogP contribution in [0.15, 0.2) is 52.6 Å². The van der Waals surface area contributed by atoms with Crippen LogP contribution in [-0.2, 0) is 4.79 Å². The monoisotopic (exact) mass is 461 g/mol. The fraction of sp³-hybridized carbons (Fsp3) is 0.320. The summed E-state index contributed by atoms with van der Waals surface area (Å²) in [5.74, 6) is -0.151. The Bertz CT molecular complexity index is 1290. The van der Waals surface area contributed by atoms with Crippen LogP contribution < -0.4 is 5.32 Å². The van der Waals surface area contributed by atoms with Gasteiger partial charge in [-0.15, -0.1) is 11.8 Å². The number of aryl methyl sites for hydroxylation is 1. The molecule has 2 aromatic heterocycles. The van der Waals surface area contributed by atoms with Gasteiger partial charge in [0.05, 0.1) is 17.5 Å². The number of benzene rings is 1. The maximum Gasteiger partial charge on any atom is 0.255 e. The van der Waals surface area contributed by atoms with Gasteiger partial charge in [0.25, 0.3) is 11.8 Å². The Morgan fingerprint density at radius 1 is 1.18 bits per heavy atom. The lowest BCUT2D eigenvalue weighted by Gasteiger charge is -2.20. The molecule has 4 rings (SSSR count). The molecule has 3 heterocycles. The molecule has 0 bridgehead atoms. The molecule has 0 spiro atoms. The highest BCUT2D eigenvalue weighted by atomic mass is 32.2. The number of amides is 2. The number of aliphatic imine (C=N–C) groups is 1. The maximum absolute atomic E-state index is 13.4. The zero-order valence-electron chi connectivity index (χ0n) is 19.4. The van der Waals surface area contributed by atoms with Crippen molar-refractivity contribution in [3.8, 4) is 0 Å². The molecule has 0 saturated heterocycles. The molecular formula is C25H27N5O2S. The van der Waals surface area contributed by atoms with Crippen molar-refractivity contribution < 1.29 is 9.59 Å². The molecule has 0 saturated carbocycles. The summed E-state index contributed by atoms with van der Waals surface area (Å²) in [5, 5.41) is 3.86. The number of aromatic nitrogens is 3. The smallest absolute Gasteiger partial charge is 0.255 e. The van der Waals surface area contributed by atoms with Gasteiger partial charge in [-0.3, -0.25) is 9.59 Å². The van der Waals surface area contributed by atoms with Crippen LogP contribution in [-0.4, -0.2) is 44.9 Å². The van der Waals surface area contributed by atoms with Crippen molar-refractivity contribution in [3.05, 3.63) is 70.3 Å². The van der Waals surface area contributed by atoms with Gasteiger partial charge >= 0.3 is 0 Å². The van der Waals surface area contributed by atoms with E-state index < -0.39 is 5.92 Å². The normalized spacial score (nSPS) is 17.0. The summed E-state index contributed by atoms with van der Waals surface area (Å²) in [5.41, 5.74) is 4.09. The van der Waals surface area contributed by atoms with Crippen LogP contribution in [0.1, 0.15) is 47.3 Å². The summed E-state index contributed by atoms with van der Waals surface area (Å²) in [4.78, 5) is 39.5. The predicted octanol–water partition coefficient (Wildman–Crippen LogP) is 4.25. The van der Waals surface area contributed by atoms with Gasteiger partial charge in [0, 0.05) is 51.7 Å². The minimum absolute atomic E-state index is 0.0553. The van der Waals surface area contributed by atoms with Gasteiger partial charge in [-0.2, -0.15) is 0 Å². The van der Waals surface area contributed by atoms with E-state index in [-0.39, 0.29) is 24.4 Å². The highest BCUT2D eigenvalue weighted by Crippen LogP contribution is 2.32. The zero-order valence-corrected chi connectivity index (χ0v) is 20.2. The SMILES string of the molecule is CSC1=CC(C)=NC(=O)C1CNC(=O)c1c(C)n([C@@H](C)c2cnc(C)nc2)c2ccccc12. The van der Waals surface area contributed by atoms with Crippen molar-refractivity contribution in [2.24, 2.45) is 10.9 Å². The number of carbonyl (C=O) groups is 2. The summed E-state index contributed by atoms with van der Waals surface area (Å²) in [7, 11) is 0. The third-order valence-electron chi connectivity index (χ3n) is 6.04. The Morgan fingerprint density at radius 2 is 1.88 bits per heavy atom. The largest absolute Gasteiger partial charge is 0.351 e. The van der Waals surface area contributed by atoms with Gasteiger partial charge in [0.2, 0.25) is 0 Å². The number of fused-ring (bicyclic) bond motifs is 1. The number of dihydropyridines is 1. The van der Waals surface area contributed by atoms with E-state index in [1.807, 2.05) is 62.8 Å². The third kappa shape index (κ3) is 4.35. The number of nitrogens with one attached hydrogen (secondary N) is 1. The molecule has 1 aromatic carbocycles. The third-order valence-corrected chi connectivity index (χ3v) is 6.91. The van der Waals surface area contributed by atoms with Crippen molar-refractivity contribution in [1.29, 1.82) is 0 Å².